The van der Waals surface area contributed by atoms with Crippen molar-refractivity contribution in [2.24, 2.45) is 0 Å². The molecule has 0 amide bonds. The second-order valence-electron chi connectivity index (χ2n) is 6.43. The minimum absolute atomic E-state index is 0.118. The van der Waals surface area contributed by atoms with Gasteiger partial charge in [0.2, 0.25) is 0 Å². The summed E-state index contributed by atoms with van der Waals surface area (Å²) in [5, 5.41) is 3.33. The Morgan fingerprint density at radius 3 is 2.32 bits per heavy atom. The highest BCUT2D eigenvalue weighted by atomic mass is 32.2. The van der Waals surface area contributed by atoms with Gasteiger partial charge < -0.3 is 5.32 Å². The van der Waals surface area contributed by atoms with Crippen molar-refractivity contribution in [1.82, 2.24) is 5.32 Å². The summed E-state index contributed by atoms with van der Waals surface area (Å²) in [5.74, 6) is 0.612. The normalized spacial score (nSPS) is 22.6. The van der Waals surface area contributed by atoms with Crippen molar-refractivity contribution in [3.05, 3.63) is 35.4 Å². The highest BCUT2D eigenvalue weighted by Crippen LogP contribution is 2.22. The first kappa shape index (κ1) is 14.5. The van der Waals surface area contributed by atoms with Gasteiger partial charge >= 0.3 is 0 Å². The van der Waals surface area contributed by atoms with Crippen LogP contribution in [0.3, 0.4) is 0 Å². The first-order chi connectivity index (χ1) is 8.76. The Labute approximate surface area is 116 Å². The summed E-state index contributed by atoms with van der Waals surface area (Å²) >= 11 is 0. The molecule has 1 aromatic carbocycles. The maximum atomic E-state index is 11.4. The Hall–Kier alpha value is -0.870. The molecule has 1 heterocycles. The van der Waals surface area contributed by atoms with Gasteiger partial charge in [0.05, 0.1) is 11.5 Å². The molecular weight excluding hydrogens is 258 g/mol. The van der Waals surface area contributed by atoms with Crippen LogP contribution in [-0.4, -0.2) is 26.0 Å². The van der Waals surface area contributed by atoms with E-state index in [-0.39, 0.29) is 17.2 Å². The number of hydrogen-bond donors (Lipinski definition) is 1. The van der Waals surface area contributed by atoms with Crippen LogP contribution in [0.5, 0.6) is 0 Å². The summed E-state index contributed by atoms with van der Waals surface area (Å²) in [7, 11) is -2.79. The van der Waals surface area contributed by atoms with Crippen LogP contribution in [0.1, 0.15) is 38.3 Å². The van der Waals surface area contributed by atoms with Crippen LogP contribution in [0.4, 0.5) is 0 Å². The molecule has 106 valence electrons. The van der Waals surface area contributed by atoms with E-state index in [2.05, 4.69) is 50.4 Å². The quantitative estimate of drug-likeness (QED) is 0.924. The molecule has 0 aromatic heterocycles. The van der Waals surface area contributed by atoms with E-state index in [0.717, 1.165) is 13.0 Å². The smallest absolute Gasteiger partial charge is 0.151 e. The van der Waals surface area contributed by atoms with Gasteiger partial charge in [-0.2, -0.15) is 0 Å². The third-order valence-corrected chi connectivity index (χ3v) is 5.42. The van der Waals surface area contributed by atoms with Crippen LogP contribution < -0.4 is 5.32 Å². The van der Waals surface area contributed by atoms with Crippen molar-refractivity contribution in [2.45, 2.75) is 45.2 Å². The minimum Gasteiger partial charge on any atom is -0.309 e. The van der Waals surface area contributed by atoms with Crippen LogP contribution in [0, 0.1) is 0 Å². The Morgan fingerprint density at radius 2 is 1.84 bits per heavy atom. The molecule has 0 aliphatic carbocycles. The van der Waals surface area contributed by atoms with Crippen molar-refractivity contribution in [2.75, 3.05) is 11.5 Å². The van der Waals surface area contributed by atoms with Crippen LogP contribution in [-0.2, 0) is 21.8 Å². The number of rotatable bonds is 3. The zero-order chi connectivity index (χ0) is 14.1. The van der Waals surface area contributed by atoms with E-state index in [1.54, 1.807) is 0 Å². The zero-order valence-electron chi connectivity index (χ0n) is 11.9. The molecule has 1 N–H and O–H groups in total. The van der Waals surface area contributed by atoms with Crippen molar-refractivity contribution in [1.29, 1.82) is 0 Å². The van der Waals surface area contributed by atoms with E-state index in [0.29, 0.717) is 5.75 Å². The summed E-state index contributed by atoms with van der Waals surface area (Å²) in [6, 6.07) is 8.67. The third kappa shape index (κ3) is 4.05. The lowest BCUT2D eigenvalue weighted by Crippen LogP contribution is -2.29. The Balaban J connectivity index is 1.91. The average molecular weight is 281 g/mol. The molecule has 0 unspecified atom stereocenters. The van der Waals surface area contributed by atoms with Crippen molar-refractivity contribution < 1.29 is 8.42 Å². The molecule has 1 aliphatic rings. The van der Waals surface area contributed by atoms with Crippen LogP contribution in [0.15, 0.2) is 24.3 Å². The fraction of sp³-hybridized carbons (Fsp3) is 0.600. The van der Waals surface area contributed by atoms with Gasteiger partial charge in [0.15, 0.2) is 9.84 Å². The standard InChI is InChI=1S/C15H23NO2S/c1-15(2,3)13-6-4-12(5-7-13)10-16-14-8-9-19(17,18)11-14/h4-7,14,16H,8-11H2,1-3H3/t14-/m1/s1. The van der Waals surface area contributed by atoms with Crippen LogP contribution >= 0.6 is 0 Å². The summed E-state index contributed by atoms with van der Waals surface area (Å²) in [4.78, 5) is 0. The lowest BCUT2D eigenvalue weighted by molar-refractivity contribution is 0.553. The summed E-state index contributed by atoms with van der Waals surface area (Å²) in [6.45, 7) is 7.33. The predicted molar refractivity (Wildman–Crippen MR) is 79.0 cm³/mol. The molecule has 3 nitrogen and oxygen atoms in total. The number of nitrogens with one attached hydrogen (secondary N) is 1. The highest BCUT2D eigenvalue weighted by molar-refractivity contribution is 7.91. The molecule has 1 fully saturated rings. The maximum absolute atomic E-state index is 11.4. The first-order valence-electron chi connectivity index (χ1n) is 6.79. The average Bonchev–Trinajstić information content (AvgIpc) is 2.66. The molecular formula is C15H23NO2S. The van der Waals surface area contributed by atoms with Crippen LogP contribution in [0.2, 0.25) is 0 Å². The van der Waals surface area contributed by atoms with E-state index < -0.39 is 9.84 Å². The zero-order valence-corrected chi connectivity index (χ0v) is 12.8. The van der Waals surface area contributed by atoms with Crippen molar-refractivity contribution in [3.63, 3.8) is 0 Å². The lowest BCUT2D eigenvalue weighted by Gasteiger charge is -2.19. The molecule has 0 radical (unpaired) electrons. The van der Waals surface area contributed by atoms with Crippen molar-refractivity contribution >= 4 is 9.84 Å². The molecule has 0 spiro atoms. The molecule has 1 saturated heterocycles. The second kappa shape index (κ2) is 5.25. The molecule has 0 bridgehead atoms. The molecule has 1 aliphatic heterocycles. The van der Waals surface area contributed by atoms with E-state index in [4.69, 9.17) is 0 Å². The molecule has 19 heavy (non-hydrogen) atoms. The predicted octanol–water partition coefficient (Wildman–Crippen LogP) is 2.26. The van der Waals surface area contributed by atoms with Gasteiger partial charge in [-0.3, -0.25) is 0 Å². The summed E-state index contributed by atoms with van der Waals surface area (Å²) in [5.41, 5.74) is 2.70. The van der Waals surface area contributed by atoms with Gasteiger partial charge in [-0.25, -0.2) is 8.42 Å². The summed E-state index contributed by atoms with van der Waals surface area (Å²) < 4.78 is 22.7. The van der Waals surface area contributed by atoms with E-state index in [1.165, 1.54) is 11.1 Å². The molecule has 2 rings (SSSR count). The van der Waals surface area contributed by atoms with Gasteiger partial charge in [0, 0.05) is 12.6 Å². The van der Waals surface area contributed by atoms with Crippen molar-refractivity contribution in [3.8, 4) is 0 Å². The largest absolute Gasteiger partial charge is 0.309 e. The number of hydrogen-bond acceptors (Lipinski definition) is 3. The van der Waals surface area contributed by atoms with Gasteiger partial charge in [-0.05, 0) is 23.0 Å². The van der Waals surface area contributed by atoms with Crippen LogP contribution in [0.25, 0.3) is 0 Å². The molecule has 1 atom stereocenters. The maximum Gasteiger partial charge on any atom is 0.151 e. The fourth-order valence-corrected chi connectivity index (χ4v) is 4.05. The molecule has 0 saturated carbocycles. The minimum atomic E-state index is -2.79. The van der Waals surface area contributed by atoms with Gasteiger partial charge in [-0.15, -0.1) is 0 Å². The second-order valence-corrected chi connectivity index (χ2v) is 8.66. The SMILES string of the molecule is CC(C)(C)c1ccc(CN[C@@H]2CCS(=O)(=O)C2)cc1. The van der Waals surface area contributed by atoms with Gasteiger partial charge in [0.25, 0.3) is 0 Å². The number of benzene rings is 1. The van der Waals surface area contributed by atoms with E-state index in [1.807, 2.05) is 0 Å². The fourth-order valence-electron chi connectivity index (χ4n) is 2.34. The topological polar surface area (TPSA) is 46.2 Å². The molecule has 4 heteroatoms. The summed E-state index contributed by atoms with van der Waals surface area (Å²) in [6.07, 6.45) is 0.739. The molecule has 1 aromatic rings. The highest BCUT2D eigenvalue weighted by Gasteiger charge is 2.27. The first-order valence-corrected chi connectivity index (χ1v) is 8.62. The number of sulfone groups is 1. The Kier molecular flexibility index (Phi) is 4.02. The Bertz CT molecular complexity index is 526. The van der Waals surface area contributed by atoms with E-state index >= 15 is 0 Å². The third-order valence-electron chi connectivity index (χ3n) is 3.65. The van der Waals surface area contributed by atoms with Gasteiger partial charge in [-0.1, -0.05) is 45.0 Å². The lowest BCUT2D eigenvalue weighted by atomic mass is 9.87. The van der Waals surface area contributed by atoms with Gasteiger partial charge in [0.1, 0.15) is 0 Å². The van der Waals surface area contributed by atoms with E-state index in [9.17, 15) is 8.42 Å². The monoisotopic (exact) mass is 281 g/mol. The Morgan fingerprint density at radius 1 is 1.21 bits per heavy atom.